The fraction of sp³-hybridized carbons (Fsp3) is 0.231. The summed E-state index contributed by atoms with van der Waals surface area (Å²) in [7, 11) is -3.55. The SMILES string of the molecule is N#Cc1ccc(S(=O)(=O)N2CCc3oncc3C2)cc1. The van der Waals surface area contributed by atoms with Gasteiger partial charge < -0.3 is 4.52 Å². The molecule has 0 saturated heterocycles. The van der Waals surface area contributed by atoms with Gasteiger partial charge in [-0.1, -0.05) is 5.16 Å². The van der Waals surface area contributed by atoms with E-state index in [1.54, 1.807) is 6.20 Å². The molecule has 1 aliphatic rings. The number of rotatable bonds is 2. The average molecular weight is 289 g/mol. The normalized spacial score (nSPS) is 15.6. The maximum Gasteiger partial charge on any atom is 0.243 e. The minimum atomic E-state index is -3.55. The van der Waals surface area contributed by atoms with Crippen LogP contribution in [-0.2, 0) is 23.0 Å². The summed E-state index contributed by atoms with van der Waals surface area (Å²) in [6.07, 6.45) is 2.07. The van der Waals surface area contributed by atoms with E-state index in [2.05, 4.69) is 5.16 Å². The lowest BCUT2D eigenvalue weighted by atomic mass is 10.1. The molecule has 0 N–H and O–H groups in total. The number of hydrogen-bond donors (Lipinski definition) is 0. The Kier molecular flexibility index (Phi) is 3.04. The highest BCUT2D eigenvalue weighted by molar-refractivity contribution is 7.89. The molecule has 0 atom stereocenters. The van der Waals surface area contributed by atoms with Crippen molar-refractivity contribution in [2.45, 2.75) is 17.9 Å². The van der Waals surface area contributed by atoms with Gasteiger partial charge in [-0.15, -0.1) is 0 Å². The number of fused-ring (bicyclic) bond motifs is 1. The zero-order chi connectivity index (χ0) is 14.2. The van der Waals surface area contributed by atoms with Crippen molar-refractivity contribution in [3.8, 4) is 6.07 Å². The largest absolute Gasteiger partial charge is 0.361 e. The van der Waals surface area contributed by atoms with E-state index in [1.807, 2.05) is 6.07 Å². The number of aromatic nitrogens is 1. The molecule has 0 spiro atoms. The fourth-order valence-electron chi connectivity index (χ4n) is 2.17. The smallest absolute Gasteiger partial charge is 0.243 e. The zero-order valence-corrected chi connectivity index (χ0v) is 11.3. The predicted octanol–water partition coefficient (Wildman–Crippen LogP) is 1.29. The number of sulfonamides is 1. The van der Waals surface area contributed by atoms with Crippen LogP contribution in [0, 0.1) is 11.3 Å². The van der Waals surface area contributed by atoms with Gasteiger partial charge in [-0.25, -0.2) is 8.42 Å². The third-order valence-corrected chi connectivity index (χ3v) is 5.15. The van der Waals surface area contributed by atoms with Crippen molar-refractivity contribution >= 4 is 10.0 Å². The summed E-state index contributed by atoms with van der Waals surface area (Å²) in [5.74, 6) is 0.747. The van der Waals surface area contributed by atoms with E-state index in [0.29, 0.717) is 18.5 Å². The first-order valence-corrected chi connectivity index (χ1v) is 7.48. The molecule has 6 nitrogen and oxygen atoms in total. The van der Waals surface area contributed by atoms with Gasteiger partial charge in [0, 0.05) is 25.1 Å². The monoisotopic (exact) mass is 289 g/mol. The highest BCUT2D eigenvalue weighted by Crippen LogP contribution is 2.24. The van der Waals surface area contributed by atoms with Crippen LogP contribution in [0.1, 0.15) is 16.9 Å². The molecule has 0 bridgehead atoms. The Labute approximate surface area is 116 Å². The van der Waals surface area contributed by atoms with Crippen LogP contribution in [0.15, 0.2) is 39.9 Å². The molecule has 0 saturated carbocycles. The maximum absolute atomic E-state index is 12.5. The molecule has 0 radical (unpaired) electrons. The van der Waals surface area contributed by atoms with Gasteiger partial charge in [0.1, 0.15) is 5.76 Å². The van der Waals surface area contributed by atoms with Crippen LogP contribution in [-0.4, -0.2) is 24.4 Å². The van der Waals surface area contributed by atoms with Crippen molar-refractivity contribution in [2.24, 2.45) is 0 Å². The van der Waals surface area contributed by atoms with E-state index in [-0.39, 0.29) is 11.4 Å². The zero-order valence-electron chi connectivity index (χ0n) is 10.5. The second-order valence-electron chi connectivity index (χ2n) is 4.50. The van der Waals surface area contributed by atoms with E-state index >= 15 is 0 Å². The van der Waals surface area contributed by atoms with Crippen molar-refractivity contribution in [1.29, 1.82) is 5.26 Å². The number of nitrogens with zero attached hydrogens (tertiary/aromatic N) is 3. The molecular formula is C13H11N3O3S. The lowest BCUT2D eigenvalue weighted by Gasteiger charge is -2.24. The molecule has 7 heteroatoms. The van der Waals surface area contributed by atoms with Crippen LogP contribution in [0.4, 0.5) is 0 Å². The minimum absolute atomic E-state index is 0.191. The molecule has 0 fully saturated rings. The second kappa shape index (κ2) is 4.74. The van der Waals surface area contributed by atoms with E-state index in [4.69, 9.17) is 9.78 Å². The van der Waals surface area contributed by atoms with Crippen molar-refractivity contribution in [1.82, 2.24) is 9.46 Å². The third-order valence-electron chi connectivity index (χ3n) is 3.29. The van der Waals surface area contributed by atoms with Crippen molar-refractivity contribution in [3.63, 3.8) is 0 Å². The fourth-order valence-corrected chi connectivity index (χ4v) is 3.59. The molecular weight excluding hydrogens is 278 g/mol. The molecule has 1 aliphatic heterocycles. The van der Waals surface area contributed by atoms with Crippen molar-refractivity contribution < 1.29 is 12.9 Å². The van der Waals surface area contributed by atoms with E-state index in [9.17, 15) is 8.42 Å². The highest BCUT2D eigenvalue weighted by atomic mass is 32.2. The van der Waals surface area contributed by atoms with Gasteiger partial charge in [0.2, 0.25) is 10.0 Å². The Morgan fingerprint density at radius 1 is 1.30 bits per heavy atom. The van der Waals surface area contributed by atoms with Gasteiger partial charge in [-0.2, -0.15) is 9.57 Å². The Bertz CT molecular complexity index is 772. The Balaban J connectivity index is 1.91. The molecule has 0 amide bonds. The van der Waals surface area contributed by atoms with Crippen LogP contribution >= 0.6 is 0 Å². The first-order valence-electron chi connectivity index (χ1n) is 6.04. The Hall–Kier alpha value is -2.17. The van der Waals surface area contributed by atoms with Crippen molar-refractivity contribution in [2.75, 3.05) is 6.54 Å². The first kappa shape index (κ1) is 12.8. The average Bonchev–Trinajstić information content (AvgIpc) is 2.94. The summed E-state index contributed by atoms with van der Waals surface area (Å²) in [5.41, 5.74) is 1.23. The van der Waals surface area contributed by atoms with Gasteiger partial charge in [-0.3, -0.25) is 0 Å². The lowest BCUT2D eigenvalue weighted by Crippen LogP contribution is -2.35. The summed E-state index contributed by atoms with van der Waals surface area (Å²) >= 11 is 0. The summed E-state index contributed by atoms with van der Waals surface area (Å²) in [6, 6.07) is 7.88. The molecule has 3 rings (SSSR count). The second-order valence-corrected chi connectivity index (χ2v) is 6.44. The van der Waals surface area contributed by atoms with Crippen LogP contribution in [0.2, 0.25) is 0 Å². The highest BCUT2D eigenvalue weighted by Gasteiger charge is 2.30. The van der Waals surface area contributed by atoms with E-state index < -0.39 is 10.0 Å². The van der Waals surface area contributed by atoms with Gasteiger partial charge in [0.25, 0.3) is 0 Å². The standard InChI is InChI=1S/C13H11N3O3S/c14-7-10-1-3-12(4-2-10)20(17,18)16-6-5-13-11(9-16)8-15-19-13/h1-4,8H,5-6,9H2. The van der Waals surface area contributed by atoms with Gasteiger partial charge in [0.15, 0.2) is 0 Å². The molecule has 0 aliphatic carbocycles. The maximum atomic E-state index is 12.5. The third kappa shape index (κ3) is 2.09. The summed E-state index contributed by atoms with van der Waals surface area (Å²) in [4.78, 5) is 0.191. The van der Waals surface area contributed by atoms with Gasteiger partial charge >= 0.3 is 0 Å². The lowest BCUT2D eigenvalue weighted by molar-refractivity contribution is 0.331. The summed E-state index contributed by atoms with van der Waals surface area (Å²) in [6.45, 7) is 0.631. The number of hydrogen-bond acceptors (Lipinski definition) is 5. The topological polar surface area (TPSA) is 87.2 Å². The Morgan fingerprint density at radius 3 is 2.75 bits per heavy atom. The first-order chi connectivity index (χ1) is 9.61. The number of nitriles is 1. The summed E-state index contributed by atoms with van der Waals surface area (Å²) < 4.78 is 31.5. The summed E-state index contributed by atoms with van der Waals surface area (Å²) in [5, 5.41) is 12.4. The molecule has 2 aromatic rings. The minimum Gasteiger partial charge on any atom is -0.361 e. The van der Waals surface area contributed by atoms with Crippen LogP contribution in [0.3, 0.4) is 0 Å². The molecule has 1 aromatic carbocycles. The van der Waals surface area contributed by atoms with E-state index in [0.717, 1.165) is 11.3 Å². The number of benzene rings is 1. The Morgan fingerprint density at radius 2 is 2.05 bits per heavy atom. The van der Waals surface area contributed by atoms with Crippen molar-refractivity contribution in [3.05, 3.63) is 47.3 Å². The molecule has 2 heterocycles. The molecule has 1 aromatic heterocycles. The van der Waals surface area contributed by atoms with Crippen LogP contribution in [0.25, 0.3) is 0 Å². The van der Waals surface area contributed by atoms with Crippen LogP contribution in [0.5, 0.6) is 0 Å². The molecule has 102 valence electrons. The quantitative estimate of drug-likeness (QED) is 0.831. The van der Waals surface area contributed by atoms with Crippen LogP contribution < -0.4 is 0 Å². The molecule has 0 unspecified atom stereocenters. The van der Waals surface area contributed by atoms with Gasteiger partial charge in [0.05, 0.1) is 22.7 Å². The molecule has 20 heavy (non-hydrogen) atoms. The van der Waals surface area contributed by atoms with Gasteiger partial charge in [-0.05, 0) is 24.3 Å². The predicted molar refractivity (Wildman–Crippen MR) is 69.0 cm³/mol. The van der Waals surface area contributed by atoms with E-state index in [1.165, 1.54) is 28.6 Å².